The van der Waals surface area contributed by atoms with Crippen molar-refractivity contribution in [3.05, 3.63) is 0 Å². The number of hydrogen-bond donors (Lipinski definition) is 2. The van der Waals surface area contributed by atoms with Gasteiger partial charge in [0, 0.05) is 38.3 Å². The first-order chi connectivity index (χ1) is 11.2. The van der Waals surface area contributed by atoms with E-state index in [0.29, 0.717) is 23.8 Å². The smallest absolute Gasteiger partial charge is 0.225 e. The summed E-state index contributed by atoms with van der Waals surface area (Å²) in [5, 5.41) is 3.32. The van der Waals surface area contributed by atoms with E-state index in [4.69, 9.17) is 10.5 Å². The lowest BCUT2D eigenvalue weighted by atomic mass is 9.84. The van der Waals surface area contributed by atoms with Crippen molar-refractivity contribution in [2.75, 3.05) is 32.8 Å². The van der Waals surface area contributed by atoms with Crippen LogP contribution >= 0.6 is 0 Å². The van der Waals surface area contributed by atoms with Gasteiger partial charge in [-0.15, -0.1) is 0 Å². The zero-order valence-corrected chi connectivity index (χ0v) is 14.1. The van der Waals surface area contributed by atoms with E-state index in [9.17, 15) is 4.79 Å². The Morgan fingerprint density at radius 3 is 2.57 bits per heavy atom. The van der Waals surface area contributed by atoms with Crippen LogP contribution in [0.5, 0.6) is 0 Å². The molecule has 2 saturated carbocycles. The number of piperidine rings is 1. The number of nitrogens with one attached hydrogen (secondary N) is 1. The quantitative estimate of drug-likeness (QED) is 0.810. The number of fused-ring (bicyclic) bond motifs is 2. The van der Waals surface area contributed by atoms with Crippen LogP contribution in [0.25, 0.3) is 0 Å². The molecule has 4 rings (SSSR count). The van der Waals surface area contributed by atoms with Gasteiger partial charge in [0.25, 0.3) is 0 Å². The van der Waals surface area contributed by atoms with Crippen LogP contribution in [0.15, 0.2) is 0 Å². The molecule has 5 atom stereocenters. The zero-order valence-electron chi connectivity index (χ0n) is 14.1. The first kappa shape index (κ1) is 15.9. The van der Waals surface area contributed by atoms with Gasteiger partial charge in [-0.3, -0.25) is 4.79 Å². The van der Waals surface area contributed by atoms with Gasteiger partial charge in [0.1, 0.15) is 0 Å². The molecule has 5 unspecified atom stereocenters. The summed E-state index contributed by atoms with van der Waals surface area (Å²) in [5.41, 5.74) is 6.30. The summed E-state index contributed by atoms with van der Waals surface area (Å²) in [5.74, 6) is 2.20. The molecule has 0 aromatic rings. The van der Waals surface area contributed by atoms with Crippen molar-refractivity contribution in [3.63, 3.8) is 0 Å². The van der Waals surface area contributed by atoms with Crippen LogP contribution < -0.4 is 11.1 Å². The van der Waals surface area contributed by atoms with E-state index in [1.165, 1.54) is 25.7 Å². The molecule has 2 bridgehead atoms. The fourth-order valence-electron chi connectivity index (χ4n) is 5.37. The van der Waals surface area contributed by atoms with Gasteiger partial charge in [-0.2, -0.15) is 0 Å². The van der Waals surface area contributed by atoms with Gasteiger partial charge < -0.3 is 20.7 Å². The number of carbonyl (C=O) groups is 1. The Hall–Kier alpha value is -0.650. The predicted molar refractivity (Wildman–Crippen MR) is 88.8 cm³/mol. The molecule has 130 valence electrons. The van der Waals surface area contributed by atoms with Crippen molar-refractivity contribution in [3.8, 4) is 0 Å². The van der Waals surface area contributed by atoms with Crippen LogP contribution in [0.1, 0.15) is 38.5 Å². The summed E-state index contributed by atoms with van der Waals surface area (Å²) in [6, 6.07) is 0.459. The third-order valence-corrected chi connectivity index (χ3v) is 6.76. The van der Waals surface area contributed by atoms with Crippen molar-refractivity contribution in [2.45, 2.75) is 50.6 Å². The molecule has 3 N–H and O–H groups in total. The van der Waals surface area contributed by atoms with E-state index in [-0.39, 0.29) is 17.9 Å². The minimum absolute atomic E-state index is 0.0856. The van der Waals surface area contributed by atoms with Crippen LogP contribution in [-0.2, 0) is 9.53 Å². The molecular formula is C18H31N3O2. The van der Waals surface area contributed by atoms with Gasteiger partial charge in [0.2, 0.25) is 5.91 Å². The molecule has 2 heterocycles. The number of ether oxygens (including phenoxy) is 1. The molecule has 0 radical (unpaired) electrons. The molecule has 2 aliphatic heterocycles. The van der Waals surface area contributed by atoms with Crippen LogP contribution in [0.2, 0.25) is 0 Å². The summed E-state index contributed by atoms with van der Waals surface area (Å²) in [6.07, 6.45) is 6.99. The molecule has 23 heavy (non-hydrogen) atoms. The largest absolute Gasteiger partial charge is 0.381 e. The van der Waals surface area contributed by atoms with Gasteiger partial charge in [-0.05, 0) is 56.3 Å². The van der Waals surface area contributed by atoms with Gasteiger partial charge in [-0.25, -0.2) is 0 Å². The monoisotopic (exact) mass is 321 g/mol. The maximum Gasteiger partial charge on any atom is 0.225 e. The van der Waals surface area contributed by atoms with Crippen LogP contribution in [0.4, 0.5) is 0 Å². The Bertz CT molecular complexity index is 428. The number of nitrogens with two attached hydrogens (primary N) is 1. The molecule has 2 saturated heterocycles. The molecule has 5 nitrogen and oxygen atoms in total. The molecule has 0 spiro atoms. The fraction of sp³-hybridized carbons (Fsp3) is 0.944. The molecule has 1 amide bonds. The van der Waals surface area contributed by atoms with Crippen molar-refractivity contribution < 1.29 is 9.53 Å². The Labute approximate surface area is 139 Å². The summed E-state index contributed by atoms with van der Waals surface area (Å²) in [7, 11) is 0. The van der Waals surface area contributed by atoms with Crippen molar-refractivity contribution >= 4 is 5.91 Å². The second-order valence-corrected chi connectivity index (χ2v) is 8.25. The number of nitrogens with zero attached hydrogens (tertiary/aromatic N) is 1. The lowest BCUT2D eigenvalue weighted by Crippen LogP contribution is -2.51. The minimum Gasteiger partial charge on any atom is -0.381 e. The molecule has 0 aromatic carbocycles. The Kier molecular flexibility index (Phi) is 4.61. The van der Waals surface area contributed by atoms with E-state index < -0.39 is 0 Å². The summed E-state index contributed by atoms with van der Waals surface area (Å²) < 4.78 is 5.47. The van der Waals surface area contributed by atoms with E-state index >= 15 is 0 Å². The van der Waals surface area contributed by atoms with Gasteiger partial charge in [0.15, 0.2) is 0 Å². The summed E-state index contributed by atoms with van der Waals surface area (Å²) >= 11 is 0. The highest BCUT2D eigenvalue weighted by Crippen LogP contribution is 2.47. The van der Waals surface area contributed by atoms with Crippen molar-refractivity contribution in [2.24, 2.45) is 29.4 Å². The first-order valence-electron chi connectivity index (χ1n) is 9.57. The standard InChI is InChI=1S/C18H31N3O2/c19-17-14-2-1-13(9-14)16(17)18(22)20-15-3-6-21(7-4-15)10-12-5-8-23-11-12/h12-17H,1-11,19H2,(H,20,22). The van der Waals surface area contributed by atoms with Gasteiger partial charge >= 0.3 is 0 Å². The SMILES string of the molecule is NC1C2CCC(C2)C1C(=O)NC1CCN(CC2CCOC2)CC1. The Morgan fingerprint density at radius 2 is 1.91 bits per heavy atom. The average molecular weight is 321 g/mol. The van der Waals surface area contributed by atoms with Crippen LogP contribution in [0, 0.1) is 23.7 Å². The lowest BCUT2D eigenvalue weighted by Gasteiger charge is -2.35. The van der Waals surface area contributed by atoms with Crippen LogP contribution in [0.3, 0.4) is 0 Å². The third kappa shape index (κ3) is 3.28. The topological polar surface area (TPSA) is 67.6 Å². The number of rotatable bonds is 4. The predicted octanol–water partition coefficient (Wildman–Crippen LogP) is 0.977. The lowest BCUT2D eigenvalue weighted by molar-refractivity contribution is -0.128. The molecule has 0 aromatic heterocycles. The molecule has 5 heteroatoms. The van der Waals surface area contributed by atoms with Gasteiger partial charge in [-0.1, -0.05) is 0 Å². The number of carbonyl (C=O) groups excluding carboxylic acids is 1. The Balaban J connectivity index is 1.22. The second kappa shape index (κ2) is 6.69. The molecule has 2 aliphatic carbocycles. The number of amides is 1. The van der Waals surface area contributed by atoms with E-state index in [1.54, 1.807) is 0 Å². The molecule has 4 fully saturated rings. The zero-order chi connectivity index (χ0) is 15.8. The highest BCUT2D eigenvalue weighted by Gasteiger charge is 2.49. The fourth-order valence-corrected chi connectivity index (χ4v) is 5.37. The second-order valence-electron chi connectivity index (χ2n) is 8.25. The maximum atomic E-state index is 12.7. The van der Waals surface area contributed by atoms with E-state index in [0.717, 1.165) is 45.7 Å². The average Bonchev–Trinajstić information content (AvgIpc) is 3.26. The van der Waals surface area contributed by atoms with E-state index in [2.05, 4.69) is 10.2 Å². The Morgan fingerprint density at radius 1 is 1.13 bits per heavy atom. The molecular weight excluding hydrogens is 290 g/mol. The minimum atomic E-state index is 0.0856. The third-order valence-electron chi connectivity index (χ3n) is 6.76. The van der Waals surface area contributed by atoms with Crippen molar-refractivity contribution in [1.82, 2.24) is 10.2 Å². The normalized spacial score (nSPS) is 41.5. The number of likely N-dealkylation sites (tertiary alicyclic amines) is 1. The van der Waals surface area contributed by atoms with Crippen LogP contribution in [-0.4, -0.2) is 55.7 Å². The summed E-state index contributed by atoms with van der Waals surface area (Å²) in [4.78, 5) is 15.2. The molecule has 4 aliphatic rings. The van der Waals surface area contributed by atoms with E-state index in [1.807, 2.05) is 0 Å². The highest BCUT2D eigenvalue weighted by atomic mass is 16.5. The van der Waals surface area contributed by atoms with Crippen molar-refractivity contribution in [1.29, 1.82) is 0 Å². The van der Waals surface area contributed by atoms with Gasteiger partial charge in [0.05, 0.1) is 12.5 Å². The summed E-state index contributed by atoms with van der Waals surface area (Å²) in [6.45, 7) is 5.23. The number of hydrogen-bond acceptors (Lipinski definition) is 4. The highest BCUT2D eigenvalue weighted by molar-refractivity contribution is 5.80. The first-order valence-corrected chi connectivity index (χ1v) is 9.57. The maximum absolute atomic E-state index is 12.7.